The Bertz CT molecular complexity index is 931. The smallest absolute Gasteiger partial charge is 0.174 e. The second-order valence-corrected chi connectivity index (χ2v) is 7.33. The monoisotopic (exact) mass is 369 g/mol. The van der Waals surface area contributed by atoms with Crippen molar-refractivity contribution < 1.29 is 9.53 Å². The van der Waals surface area contributed by atoms with Crippen LogP contribution >= 0.6 is 11.8 Å². The Morgan fingerprint density at radius 2 is 2.04 bits per heavy atom. The van der Waals surface area contributed by atoms with Gasteiger partial charge in [-0.25, -0.2) is 9.97 Å². The lowest BCUT2D eigenvalue weighted by Gasteiger charge is -2.17. The zero-order valence-electron chi connectivity index (χ0n) is 15.5. The molecule has 6 heteroatoms. The van der Waals surface area contributed by atoms with Crippen molar-refractivity contribution in [3.05, 3.63) is 53.6 Å². The number of hydrogen-bond acceptors (Lipinski definition) is 5. The molecule has 2 aromatic heterocycles. The lowest BCUT2D eigenvalue weighted by Crippen LogP contribution is -2.14. The van der Waals surface area contributed by atoms with Gasteiger partial charge in [0.1, 0.15) is 11.4 Å². The van der Waals surface area contributed by atoms with Crippen molar-refractivity contribution >= 4 is 28.4 Å². The highest BCUT2D eigenvalue weighted by molar-refractivity contribution is 8.00. The largest absolute Gasteiger partial charge is 0.383 e. The van der Waals surface area contributed by atoms with E-state index in [9.17, 15) is 4.79 Å². The van der Waals surface area contributed by atoms with Crippen LogP contribution in [0.4, 0.5) is 0 Å². The van der Waals surface area contributed by atoms with Gasteiger partial charge in [-0.05, 0) is 32.9 Å². The predicted molar refractivity (Wildman–Crippen MR) is 105 cm³/mol. The van der Waals surface area contributed by atoms with E-state index in [0.29, 0.717) is 12.4 Å². The Kier molecular flexibility index (Phi) is 5.74. The van der Waals surface area contributed by atoms with E-state index in [4.69, 9.17) is 4.74 Å². The molecule has 0 saturated carbocycles. The number of fused-ring (bicyclic) bond motifs is 1. The van der Waals surface area contributed by atoms with Crippen LogP contribution in [-0.2, 0) is 4.74 Å². The van der Waals surface area contributed by atoms with Crippen LogP contribution in [0.5, 0.6) is 0 Å². The lowest BCUT2D eigenvalue weighted by molar-refractivity contribution is 0.102. The number of carbonyl (C=O) groups is 1. The lowest BCUT2D eigenvalue weighted by atomic mass is 10.2. The number of rotatable bonds is 7. The van der Waals surface area contributed by atoms with Gasteiger partial charge in [-0.2, -0.15) is 0 Å². The molecule has 0 saturated heterocycles. The minimum atomic E-state index is 0.113. The van der Waals surface area contributed by atoms with Crippen molar-refractivity contribution in [1.29, 1.82) is 0 Å². The summed E-state index contributed by atoms with van der Waals surface area (Å²) in [6.45, 7) is 6.74. The highest BCUT2D eigenvalue weighted by Gasteiger charge is 2.19. The third-order valence-electron chi connectivity index (χ3n) is 4.48. The van der Waals surface area contributed by atoms with Crippen molar-refractivity contribution in [2.24, 2.45) is 0 Å². The first-order chi connectivity index (χ1) is 12.5. The van der Waals surface area contributed by atoms with Crippen molar-refractivity contribution in [2.75, 3.05) is 19.5 Å². The average molecular weight is 369 g/mol. The summed E-state index contributed by atoms with van der Waals surface area (Å²) in [5, 5.41) is 1.82. The maximum absolute atomic E-state index is 12.8. The minimum absolute atomic E-state index is 0.113. The van der Waals surface area contributed by atoms with Gasteiger partial charge < -0.3 is 9.30 Å². The summed E-state index contributed by atoms with van der Waals surface area (Å²) in [5.41, 5.74) is 3.73. The number of aryl methyl sites for hydroxylation is 1. The summed E-state index contributed by atoms with van der Waals surface area (Å²) in [4.78, 5) is 21.4. The molecule has 1 aromatic carbocycles. The van der Waals surface area contributed by atoms with E-state index in [1.165, 1.54) is 11.8 Å². The predicted octanol–water partition coefficient (Wildman–Crippen LogP) is 4.23. The molecule has 0 radical (unpaired) electrons. The highest BCUT2D eigenvalue weighted by atomic mass is 32.2. The van der Waals surface area contributed by atoms with Gasteiger partial charge in [0.2, 0.25) is 0 Å². The van der Waals surface area contributed by atoms with Gasteiger partial charge in [-0.3, -0.25) is 4.79 Å². The minimum Gasteiger partial charge on any atom is -0.383 e. The van der Waals surface area contributed by atoms with Gasteiger partial charge in [0, 0.05) is 29.4 Å². The normalized spacial score (nSPS) is 12.5. The SMILES string of the molecule is COC[C@H](C)n1c(C)cc(C(=O)CSc2ncnc3ccccc23)c1C. The quantitative estimate of drug-likeness (QED) is 0.354. The van der Waals surface area contributed by atoms with Crippen LogP contribution in [0, 0.1) is 13.8 Å². The number of Topliss-reactive ketones (excluding diaryl/α,β-unsaturated/α-hetero) is 1. The molecular weight excluding hydrogens is 346 g/mol. The van der Waals surface area contributed by atoms with Gasteiger partial charge in [0.15, 0.2) is 5.78 Å². The first-order valence-electron chi connectivity index (χ1n) is 8.56. The zero-order valence-corrected chi connectivity index (χ0v) is 16.3. The summed E-state index contributed by atoms with van der Waals surface area (Å²) in [6.07, 6.45) is 1.55. The molecule has 0 aliphatic carbocycles. The van der Waals surface area contributed by atoms with Gasteiger partial charge in [-0.1, -0.05) is 30.0 Å². The molecule has 1 atom stereocenters. The molecule has 26 heavy (non-hydrogen) atoms. The second kappa shape index (κ2) is 8.01. The molecule has 0 spiro atoms. The molecule has 5 nitrogen and oxygen atoms in total. The number of hydrogen-bond donors (Lipinski definition) is 0. The van der Waals surface area contributed by atoms with Crippen molar-refractivity contribution in [3.63, 3.8) is 0 Å². The van der Waals surface area contributed by atoms with E-state index in [1.807, 2.05) is 44.2 Å². The molecule has 3 rings (SSSR count). The summed E-state index contributed by atoms with van der Waals surface area (Å²) in [5.74, 6) is 0.464. The first-order valence-corrected chi connectivity index (χ1v) is 9.54. The Balaban J connectivity index is 1.79. The maximum Gasteiger partial charge on any atom is 0.174 e. The number of para-hydroxylation sites is 1. The number of benzene rings is 1. The van der Waals surface area contributed by atoms with Crippen molar-refractivity contribution in [2.45, 2.75) is 31.8 Å². The Morgan fingerprint density at radius 1 is 1.27 bits per heavy atom. The fourth-order valence-electron chi connectivity index (χ4n) is 3.36. The van der Waals surface area contributed by atoms with Crippen LogP contribution < -0.4 is 0 Å². The molecule has 136 valence electrons. The molecule has 2 heterocycles. The van der Waals surface area contributed by atoms with Crippen LogP contribution in [0.3, 0.4) is 0 Å². The Labute approximate surface area is 157 Å². The Morgan fingerprint density at radius 3 is 2.81 bits per heavy atom. The number of thioether (sulfide) groups is 1. The topological polar surface area (TPSA) is 57.0 Å². The van der Waals surface area contributed by atoms with Crippen LogP contribution in [-0.4, -0.2) is 39.8 Å². The molecule has 0 N–H and O–H groups in total. The summed E-state index contributed by atoms with van der Waals surface area (Å²) < 4.78 is 7.43. The van der Waals surface area contributed by atoms with E-state index < -0.39 is 0 Å². The summed E-state index contributed by atoms with van der Waals surface area (Å²) >= 11 is 1.46. The standard InChI is InChI=1S/C20H23N3O2S/c1-13-9-17(15(3)23(13)14(2)10-25-4)19(24)11-26-20-16-7-5-6-8-18(16)21-12-22-20/h5-9,12,14H,10-11H2,1-4H3/t14-/m0/s1. The number of aromatic nitrogens is 3. The molecule has 0 fully saturated rings. The van der Waals surface area contributed by atoms with E-state index in [2.05, 4.69) is 21.5 Å². The van der Waals surface area contributed by atoms with Crippen molar-refractivity contribution in [3.8, 4) is 0 Å². The van der Waals surface area contributed by atoms with Gasteiger partial charge >= 0.3 is 0 Å². The molecule has 0 amide bonds. The number of ether oxygens (including phenoxy) is 1. The van der Waals surface area contributed by atoms with Crippen LogP contribution in [0.1, 0.15) is 34.7 Å². The first kappa shape index (κ1) is 18.6. The number of ketones is 1. The molecular formula is C20H23N3O2S. The van der Waals surface area contributed by atoms with E-state index in [0.717, 1.165) is 32.9 Å². The van der Waals surface area contributed by atoms with Crippen molar-refractivity contribution in [1.82, 2.24) is 14.5 Å². The molecule has 3 aromatic rings. The van der Waals surface area contributed by atoms with Crippen LogP contribution in [0.2, 0.25) is 0 Å². The average Bonchev–Trinajstić information content (AvgIpc) is 2.94. The number of carbonyl (C=O) groups excluding carboxylic acids is 1. The molecule has 0 aliphatic rings. The fourth-order valence-corrected chi connectivity index (χ4v) is 4.23. The summed E-state index contributed by atoms with van der Waals surface area (Å²) in [7, 11) is 1.69. The fraction of sp³-hybridized carbons (Fsp3) is 0.350. The van der Waals surface area contributed by atoms with E-state index in [-0.39, 0.29) is 11.8 Å². The molecule has 0 unspecified atom stereocenters. The van der Waals surface area contributed by atoms with Crippen LogP contribution in [0.25, 0.3) is 10.9 Å². The third kappa shape index (κ3) is 3.66. The molecule has 0 aliphatic heterocycles. The van der Waals surface area contributed by atoms with Gasteiger partial charge in [-0.15, -0.1) is 0 Å². The number of methoxy groups -OCH3 is 1. The second-order valence-electron chi connectivity index (χ2n) is 6.37. The highest BCUT2D eigenvalue weighted by Crippen LogP contribution is 2.27. The maximum atomic E-state index is 12.8. The van der Waals surface area contributed by atoms with E-state index in [1.54, 1.807) is 13.4 Å². The van der Waals surface area contributed by atoms with Crippen LogP contribution in [0.15, 0.2) is 41.7 Å². The molecule has 0 bridgehead atoms. The Hall–Kier alpha value is -2.18. The van der Waals surface area contributed by atoms with Gasteiger partial charge in [0.25, 0.3) is 0 Å². The van der Waals surface area contributed by atoms with E-state index >= 15 is 0 Å². The zero-order chi connectivity index (χ0) is 18.7. The third-order valence-corrected chi connectivity index (χ3v) is 5.48. The van der Waals surface area contributed by atoms with Gasteiger partial charge in [0.05, 0.1) is 23.9 Å². The number of nitrogens with zero attached hydrogens (tertiary/aromatic N) is 3. The summed E-state index contributed by atoms with van der Waals surface area (Å²) in [6, 6.07) is 10.0.